The van der Waals surface area contributed by atoms with Gasteiger partial charge in [-0.25, -0.2) is 14.6 Å². The molecule has 1 aromatic carbocycles. The van der Waals surface area contributed by atoms with Gasteiger partial charge >= 0.3 is 0 Å². The van der Waals surface area contributed by atoms with Gasteiger partial charge in [0.1, 0.15) is 5.03 Å². The van der Waals surface area contributed by atoms with Gasteiger partial charge in [0.2, 0.25) is 0 Å². The summed E-state index contributed by atoms with van der Waals surface area (Å²) in [5.41, 5.74) is 3.61. The van der Waals surface area contributed by atoms with E-state index in [-0.39, 0.29) is 0 Å². The van der Waals surface area contributed by atoms with Crippen molar-refractivity contribution in [1.82, 2.24) is 24.7 Å². The summed E-state index contributed by atoms with van der Waals surface area (Å²) in [4.78, 5) is 13.1. The number of benzene rings is 1. The largest absolute Gasteiger partial charge is 0.368 e. The van der Waals surface area contributed by atoms with Crippen LogP contribution in [0, 0.1) is 0 Å². The lowest BCUT2D eigenvalue weighted by atomic mass is 10.1. The Hall–Kier alpha value is -3.03. The van der Waals surface area contributed by atoms with Crippen LogP contribution in [-0.4, -0.2) is 29.8 Å². The fourth-order valence-corrected chi connectivity index (χ4v) is 3.83. The van der Waals surface area contributed by atoms with Gasteiger partial charge in [0.05, 0.1) is 0 Å². The predicted molar refractivity (Wildman–Crippen MR) is 97.4 cm³/mol. The maximum Gasteiger partial charge on any atom is 0.195 e. The van der Waals surface area contributed by atoms with Crippen LogP contribution < -0.4 is 0 Å². The van der Waals surface area contributed by atoms with Crippen LogP contribution in [0.4, 0.5) is 0 Å². The molecule has 4 aromatic rings. The minimum Gasteiger partial charge on any atom is -0.368 e. The Labute approximate surface area is 153 Å². The molecule has 3 aromatic heterocycles. The van der Waals surface area contributed by atoms with Crippen molar-refractivity contribution in [1.29, 1.82) is 0 Å². The first-order valence-corrected chi connectivity index (χ1v) is 8.89. The Morgan fingerprint density at radius 2 is 1.77 bits per heavy atom. The second-order valence-electron chi connectivity index (χ2n) is 5.86. The van der Waals surface area contributed by atoms with Crippen LogP contribution in [0.1, 0.15) is 11.8 Å². The van der Waals surface area contributed by atoms with Crippen molar-refractivity contribution >= 4 is 11.8 Å². The van der Waals surface area contributed by atoms with Gasteiger partial charge in [-0.15, -0.1) is 5.10 Å². The number of hydrogen-bond donors (Lipinski definition) is 1. The molecule has 1 aliphatic heterocycles. The predicted octanol–water partition coefficient (Wildman–Crippen LogP) is 3.41. The van der Waals surface area contributed by atoms with Gasteiger partial charge in [-0.3, -0.25) is 4.98 Å². The van der Waals surface area contributed by atoms with Gasteiger partial charge in [-0.2, -0.15) is 0 Å². The summed E-state index contributed by atoms with van der Waals surface area (Å²) >= 11 is 1.41. The van der Waals surface area contributed by atoms with Crippen molar-refractivity contribution in [3.05, 3.63) is 72.7 Å². The average molecular weight is 359 g/mol. The number of nitrogens with zero attached hydrogens (tertiary/aromatic N) is 5. The molecular formula is C19H13N5OS. The van der Waals surface area contributed by atoms with Crippen molar-refractivity contribution in [2.45, 2.75) is 16.4 Å². The van der Waals surface area contributed by atoms with Crippen LogP contribution in [0.3, 0.4) is 0 Å². The van der Waals surface area contributed by atoms with Gasteiger partial charge in [0, 0.05) is 35.3 Å². The number of aromatic nitrogens is 5. The summed E-state index contributed by atoms with van der Waals surface area (Å²) in [6.45, 7) is 0. The summed E-state index contributed by atoms with van der Waals surface area (Å²) in [7, 11) is 0. The van der Waals surface area contributed by atoms with Gasteiger partial charge < -0.3 is 5.11 Å². The monoisotopic (exact) mass is 359 g/mol. The molecule has 7 heteroatoms. The molecule has 4 heterocycles. The molecule has 1 aliphatic rings. The molecule has 1 N–H and O–H groups in total. The highest BCUT2D eigenvalue weighted by atomic mass is 32.2. The van der Waals surface area contributed by atoms with E-state index in [4.69, 9.17) is 0 Å². The highest BCUT2D eigenvalue weighted by molar-refractivity contribution is 7.99. The quantitative estimate of drug-likeness (QED) is 0.591. The summed E-state index contributed by atoms with van der Waals surface area (Å²) in [5.74, 6) is 0.560. The zero-order chi connectivity index (χ0) is 17.5. The first-order valence-electron chi connectivity index (χ1n) is 8.08. The van der Waals surface area contributed by atoms with E-state index in [0.717, 1.165) is 27.3 Å². The summed E-state index contributed by atoms with van der Waals surface area (Å²) < 4.78 is 1.54. The molecule has 0 amide bonds. The van der Waals surface area contributed by atoms with E-state index >= 15 is 0 Å². The van der Waals surface area contributed by atoms with Crippen LogP contribution in [-0.2, 0) is 0 Å². The fourth-order valence-electron chi connectivity index (χ4n) is 2.91. The number of aliphatic hydroxyl groups is 1. The van der Waals surface area contributed by atoms with Crippen molar-refractivity contribution in [3.63, 3.8) is 0 Å². The molecular weight excluding hydrogens is 346 g/mol. The third kappa shape index (κ3) is 2.49. The van der Waals surface area contributed by atoms with Gasteiger partial charge in [-0.1, -0.05) is 30.3 Å². The van der Waals surface area contributed by atoms with Crippen LogP contribution >= 0.6 is 11.8 Å². The van der Waals surface area contributed by atoms with Gasteiger partial charge in [-0.05, 0) is 35.5 Å². The van der Waals surface area contributed by atoms with E-state index in [1.165, 1.54) is 11.8 Å². The molecule has 6 nitrogen and oxygen atoms in total. The van der Waals surface area contributed by atoms with Gasteiger partial charge in [0.25, 0.3) is 0 Å². The molecule has 5 rings (SSSR count). The maximum atomic E-state index is 10.8. The number of rotatable bonds is 2. The van der Waals surface area contributed by atoms with Crippen LogP contribution in [0.5, 0.6) is 0 Å². The minimum absolute atomic E-state index is 0.560. The molecule has 0 fully saturated rings. The van der Waals surface area contributed by atoms with E-state index in [2.05, 4.69) is 20.1 Å². The average Bonchev–Trinajstić information content (AvgIpc) is 3.14. The van der Waals surface area contributed by atoms with E-state index in [0.29, 0.717) is 11.0 Å². The molecule has 0 aliphatic carbocycles. The standard InChI is InChI=1S/C19H13N5OS/c25-18-15-10-14(12-4-2-1-3-5-12)11-21-17(15)26-19-22-16(23-24(18)19)13-6-8-20-9-7-13/h1-11,18,25H/t18-/m0/s1. The molecule has 0 saturated heterocycles. The smallest absolute Gasteiger partial charge is 0.195 e. The normalized spacial score (nSPS) is 15.3. The molecule has 126 valence electrons. The summed E-state index contributed by atoms with van der Waals surface area (Å²) in [5, 5.41) is 16.7. The van der Waals surface area contributed by atoms with Gasteiger partial charge in [0.15, 0.2) is 17.2 Å². The number of aliphatic hydroxyl groups excluding tert-OH is 1. The first kappa shape index (κ1) is 15.2. The Morgan fingerprint density at radius 1 is 0.962 bits per heavy atom. The second-order valence-corrected chi connectivity index (χ2v) is 6.81. The Morgan fingerprint density at radius 3 is 2.58 bits per heavy atom. The molecule has 1 atom stereocenters. The molecule has 0 saturated carbocycles. The number of fused-ring (bicyclic) bond motifs is 2. The third-order valence-corrected chi connectivity index (χ3v) is 5.22. The zero-order valence-electron chi connectivity index (χ0n) is 13.5. The highest BCUT2D eigenvalue weighted by Gasteiger charge is 2.29. The Kier molecular flexibility index (Phi) is 3.55. The second kappa shape index (κ2) is 6.05. The molecule has 0 bridgehead atoms. The van der Waals surface area contributed by atoms with Crippen LogP contribution in [0.2, 0.25) is 0 Å². The summed E-state index contributed by atoms with van der Waals surface area (Å²) in [6.07, 6.45) is 4.30. The van der Waals surface area contributed by atoms with Crippen molar-refractivity contribution in [2.24, 2.45) is 0 Å². The molecule has 26 heavy (non-hydrogen) atoms. The number of hydrogen-bond acceptors (Lipinski definition) is 6. The van der Waals surface area contributed by atoms with E-state index in [9.17, 15) is 5.11 Å². The molecule has 0 radical (unpaired) electrons. The lowest BCUT2D eigenvalue weighted by Gasteiger charge is -2.21. The lowest BCUT2D eigenvalue weighted by Crippen LogP contribution is -2.18. The topological polar surface area (TPSA) is 76.7 Å². The van der Waals surface area contributed by atoms with Crippen LogP contribution in [0.15, 0.2) is 77.3 Å². The van der Waals surface area contributed by atoms with E-state index < -0.39 is 6.23 Å². The molecule has 0 spiro atoms. The highest BCUT2D eigenvalue weighted by Crippen LogP contribution is 2.40. The Balaban J connectivity index is 1.56. The maximum absolute atomic E-state index is 10.8. The zero-order valence-corrected chi connectivity index (χ0v) is 14.3. The number of pyridine rings is 2. The lowest BCUT2D eigenvalue weighted by molar-refractivity contribution is 0.115. The van der Waals surface area contributed by atoms with E-state index in [1.54, 1.807) is 17.1 Å². The van der Waals surface area contributed by atoms with E-state index in [1.807, 2.05) is 54.7 Å². The van der Waals surface area contributed by atoms with Crippen LogP contribution in [0.25, 0.3) is 22.5 Å². The first-order chi connectivity index (χ1) is 12.8. The summed E-state index contributed by atoms with van der Waals surface area (Å²) in [6, 6.07) is 15.6. The third-order valence-electron chi connectivity index (χ3n) is 4.22. The SMILES string of the molecule is O[C@H]1c2cc(-c3ccccc3)cnc2Sc2nc(-c3ccncc3)nn21. The van der Waals surface area contributed by atoms with Crippen molar-refractivity contribution < 1.29 is 5.11 Å². The fraction of sp³-hybridized carbons (Fsp3) is 0.0526. The molecule has 0 unspecified atom stereocenters. The Bertz CT molecular complexity index is 1080. The van der Waals surface area contributed by atoms with Crippen molar-refractivity contribution in [2.75, 3.05) is 0 Å². The van der Waals surface area contributed by atoms with Crippen molar-refractivity contribution in [3.8, 4) is 22.5 Å². The minimum atomic E-state index is -0.916.